The van der Waals surface area contributed by atoms with Crippen molar-refractivity contribution in [2.45, 2.75) is 44.6 Å². The summed E-state index contributed by atoms with van der Waals surface area (Å²) in [5.41, 5.74) is 0.982. The van der Waals surface area contributed by atoms with Crippen LogP contribution in [0, 0.1) is 13.8 Å². The molecule has 9 heteroatoms. The van der Waals surface area contributed by atoms with Crippen molar-refractivity contribution in [1.82, 2.24) is 19.7 Å². The van der Waals surface area contributed by atoms with Gasteiger partial charge in [-0.25, -0.2) is 4.98 Å². The molecule has 0 aliphatic carbocycles. The van der Waals surface area contributed by atoms with Gasteiger partial charge in [0.1, 0.15) is 4.83 Å². The van der Waals surface area contributed by atoms with E-state index in [4.69, 9.17) is 14.2 Å². The SMILES string of the molecule is CCc1noc(CSc2nc3sc(C)c(C)c3c(=O)n2CCOC)n1. The first-order valence-electron chi connectivity index (χ1n) is 7.98. The summed E-state index contributed by atoms with van der Waals surface area (Å²) in [6.07, 6.45) is 0.727. The van der Waals surface area contributed by atoms with Gasteiger partial charge in [-0.1, -0.05) is 23.8 Å². The maximum Gasteiger partial charge on any atom is 0.263 e. The largest absolute Gasteiger partial charge is 0.383 e. The van der Waals surface area contributed by atoms with Gasteiger partial charge in [0.2, 0.25) is 5.89 Å². The van der Waals surface area contributed by atoms with Gasteiger partial charge < -0.3 is 9.26 Å². The Morgan fingerprint density at radius 2 is 2.12 bits per heavy atom. The molecule has 0 aliphatic heterocycles. The molecule has 0 fully saturated rings. The summed E-state index contributed by atoms with van der Waals surface area (Å²) >= 11 is 2.97. The lowest BCUT2D eigenvalue weighted by Crippen LogP contribution is -2.25. The van der Waals surface area contributed by atoms with Crippen LogP contribution in [0.3, 0.4) is 0 Å². The number of nitrogens with zero attached hydrogens (tertiary/aromatic N) is 4. The molecular weight excluding hydrogens is 360 g/mol. The number of aromatic nitrogens is 4. The topological polar surface area (TPSA) is 83.0 Å². The second-order valence-corrected chi connectivity index (χ2v) is 7.70. The van der Waals surface area contributed by atoms with E-state index < -0.39 is 0 Å². The number of ether oxygens (including phenoxy) is 1. The molecule has 0 unspecified atom stereocenters. The lowest BCUT2D eigenvalue weighted by atomic mass is 10.2. The highest BCUT2D eigenvalue weighted by Crippen LogP contribution is 2.29. The number of aryl methyl sites for hydroxylation is 3. The molecule has 3 heterocycles. The maximum absolute atomic E-state index is 13.0. The van der Waals surface area contributed by atoms with Crippen LogP contribution in [0.5, 0.6) is 0 Å². The molecule has 25 heavy (non-hydrogen) atoms. The van der Waals surface area contributed by atoms with Crippen molar-refractivity contribution in [2.75, 3.05) is 13.7 Å². The van der Waals surface area contributed by atoms with Crippen LogP contribution in [-0.2, 0) is 23.5 Å². The van der Waals surface area contributed by atoms with E-state index in [0.29, 0.717) is 41.2 Å². The Kier molecular flexibility index (Phi) is 5.55. The first kappa shape index (κ1) is 18.1. The number of methoxy groups -OCH3 is 1. The molecule has 0 saturated heterocycles. The molecule has 0 amide bonds. The number of thiophene rings is 1. The molecule has 3 rings (SSSR count). The first-order chi connectivity index (χ1) is 12.0. The molecular formula is C16H20N4O3S2. The minimum absolute atomic E-state index is 0.0221. The number of hydrogen-bond donors (Lipinski definition) is 0. The van der Waals surface area contributed by atoms with Gasteiger partial charge in [0, 0.05) is 18.4 Å². The van der Waals surface area contributed by atoms with E-state index in [1.165, 1.54) is 11.8 Å². The summed E-state index contributed by atoms with van der Waals surface area (Å²) in [7, 11) is 1.62. The van der Waals surface area contributed by atoms with Crippen molar-refractivity contribution in [2.24, 2.45) is 0 Å². The second-order valence-electron chi connectivity index (χ2n) is 5.55. The summed E-state index contributed by atoms with van der Waals surface area (Å²) in [6.45, 7) is 6.86. The zero-order valence-electron chi connectivity index (χ0n) is 14.7. The molecule has 7 nitrogen and oxygen atoms in total. The maximum atomic E-state index is 13.0. The molecule has 0 N–H and O–H groups in total. The fourth-order valence-electron chi connectivity index (χ4n) is 2.42. The minimum atomic E-state index is -0.0221. The average molecular weight is 380 g/mol. The fourth-order valence-corrected chi connectivity index (χ4v) is 4.35. The zero-order valence-corrected chi connectivity index (χ0v) is 16.3. The van der Waals surface area contributed by atoms with Crippen molar-refractivity contribution in [3.05, 3.63) is 32.5 Å². The normalized spacial score (nSPS) is 11.5. The molecule has 0 atom stereocenters. The Labute approximate surface area is 153 Å². The van der Waals surface area contributed by atoms with Crippen molar-refractivity contribution in [1.29, 1.82) is 0 Å². The fraction of sp³-hybridized carbons (Fsp3) is 0.500. The molecule has 134 valence electrons. The van der Waals surface area contributed by atoms with E-state index >= 15 is 0 Å². The zero-order chi connectivity index (χ0) is 18.0. The molecule has 0 aliphatic rings. The predicted molar refractivity (Wildman–Crippen MR) is 98.5 cm³/mol. The van der Waals surface area contributed by atoms with Crippen molar-refractivity contribution < 1.29 is 9.26 Å². The Morgan fingerprint density at radius 1 is 1.32 bits per heavy atom. The van der Waals surface area contributed by atoms with Gasteiger partial charge in [0.05, 0.1) is 24.3 Å². The third-order valence-corrected chi connectivity index (χ3v) is 5.99. The van der Waals surface area contributed by atoms with Gasteiger partial charge in [-0.3, -0.25) is 9.36 Å². The highest BCUT2D eigenvalue weighted by atomic mass is 32.2. The van der Waals surface area contributed by atoms with E-state index in [9.17, 15) is 4.79 Å². The molecule has 0 radical (unpaired) electrons. The highest BCUT2D eigenvalue weighted by Gasteiger charge is 2.17. The van der Waals surface area contributed by atoms with Gasteiger partial charge in [0.25, 0.3) is 5.56 Å². The minimum Gasteiger partial charge on any atom is -0.383 e. The van der Waals surface area contributed by atoms with Crippen LogP contribution in [0.1, 0.15) is 29.1 Å². The van der Waals surface area contributed by atoms with Crippen molar-refractivity contribution in [3.63, 3.8) is 0 Å². The quantitative estimate of drug-likeness (QED) is 0.460. The Balaban J connectivity index is 1.98. The van der Waals surface area contributed by atoms with Crippen LogP contribution in [0.15, 0.2) is 14.5 Å². The van der Waals surface area contributed by atoms with Gasteiger partial charge in [0.15, 0.2) is 11.0 Å². The van der Waals surface area contributed by atoms with Crippen molar-refractivity contribution >= 4 is 33.3 Å². The molecule has 0 aromatic carbocycles. The summed E-state index contributed by atoms with van der Waals surface area (Å²) in [5, 5.41) is 5.24. The Bertz CT molecular complexity index is 945. The monoisotopic (exact) mass is 380 g/mol. The third-order valence-electron chi connectivity index (χ3n) is 3.92. The van der Waals surface area contributed by atoms with Gasteiger partial charge in [-0.15, -0.1) is 11.3 Å². The first-order valence-corrected chi connectivity index (χ1v) is 9.79. The van der Waals surface area contributed by atoms with E-state index in [-0.39, 0.29) is 5.56 Å². The molecule has 0 spiro atoms. The summed E-state index contributed by atoms with van der Waals surface area (Å²) < 4.78 is 12.0. The van der Waals surface area contributed by atoms with Crippen LogP contribution in [0.25, 0.3) is 10.2 Å². The predicted octanol–water partition coefficient (Wildman–Crippen LogP) is 2.96. The van der Waals surface area contributed by atoms with Gasteiger partial charge in [-0.05, 0) is 19.4 Å². The second kappa shape index (κ2) is 7.67. The number of fused-ring (bicyclic) bond motifs is 1. The van der Waals surface area contributed by atoms with Crippen LogP contribution < -0.4 is 5.56 Å². The Morgan fingerprint density at radius 3 is 2.80 bits per heavy atom. The molecule has 3 aromatic rings. The molecule has 0 bridgehead atoms. The third kappa shape index (κ3) is 3.63. The van der Waals surface area contributed by atoms with Gasteiger partial charge >= 0.3 is 0 Å². The van der Waals surface area contributed by atoms with E-state index in [2.05, 4.69) is 10.1 Å². The smallest absolute Gasteiger partial charge is 0.263 e. The van der Waals surface area contributed by atoms with Crippen LogP contribution in [0.2, 0.25) is 0 Å². The lowest BCUT2D eigenvalue weighted by Gasteiger charge is -2.11. The number of thioether (sulfide) groups is 1. The molecule has 0 saturated carbocycles. The molecule has 3 aromatic heterocycles. The summed E-state index contributed by atoms with van der Waals surface area (Å²) in [5.74, 6) is 1.69. The standard InChI is InChI=1S/C16H20N4O3S2/c1-5-11-17-12(23-19-11)8-24-16-18-14-13(9(2)10(3)25-14)15(21)20(16)6-7-22-4/h5-8H2,1-4H3. The van der Waals surface area contributed by atoms with Crippen LogP contribution in [0.4, 0.5) is 0 Å². The van der Waals surface area contributed by atoms with E-state index in [0.717, 1.165) is 21.7 Å². The van der Waals surface area contributed by atoms with Gasteiger partial charge in [-0.2, -0.15) is 4.98 Å². The number of rotatable bonds is 7. The number of hydrogen-bond acceptors (Lipinski definition) is 8. The highest BCUT2D eigenvalue weighted by molar-refractivity contribution is 7.98. The van der Waals surface area contributed by atoms with Crippen molar-refractivity contribution in [3.8, 4) is 0 Å². The average Bonchev–Trinajstić information content (AvgIpc) is 3.17. The summed E-state index contributed by atoms with van der Waals surface area (Å²) in [4.78, 5) is 23.9. The van der Waals surface area contributed by atoms with Crippen LogP contribution >= 0.6 is 23.1 Å². The lowest BCUT2D eigenvalue weighted by molar-refractivity contribution is 0.183. The summed E-state index contributed by atoms with van der Waals surface area (Å²) in [6, 6.07) is 0. The Hall–Kier alpha value is -1.71. The van der Waals surface area contributed by atoms with Crippen LogP contribution in [-0.4, -0.2) is 33.4 Å². The van der Waals surface area contributed by atoms with E-state index in [1.54, 1.807) is 23.0 Å². The van der Waals surface area contributed by atoms with E-state index in [1.807, 2.05) is 20.8 Å².